The molecule has 41 heavy (non-hydrogen) atoms. The van der Waals surface area contributed by atoms with E-state index < -0.39 is 0 Å². The molecule has 0 radical (unpaired) electrons. The van der Waals surface area contributed by atoms with E-state index >= 15 is 0 Å². The van der Waals surface area contributed by atoms with Gasteiger partial charge in [0.2, 0.25) is 0 Å². The number of rotatable bonds is 8. The van der Waals surface area contributed by atoms with Crippen molar-refractivity contribution >= 4 is 11.0 Å². The molecule has 0 saturated heterocycles. The fourth-order valence-electron chi connectivity index (χ4n) is 11.3. The van der Waals surface area contributed by atoms with Crippen molar-refractivity contribution in [3.63, 3.8) is 0 Å². The maximum atomic E-state index is 7.20. The Morgan fingerprint density at radius 1 is 1.00 bits per heavy atom. The van der Waals surface area contributed by atoms with Gasteiger partial charge in [-0.1, -0.05) is 44.0 Å². The molecule has 2 aromatic carbocycles. The van der Waals surface area contributed by atoms with Crippen LogP contribution in [0, 0.1) is 28.6 Å². The summed E-state index contributed by atoms with van der Waals surface area (Å²) in [5, 5.41) is 1.13. The minimum atomic E-state index is -0.372. The van der Waals surface area contributed by atoms with Crippen LogP contribution in [0.1, 0.15) is 75.2 Å². The third-order valence-corrected chi connectivity index (χ3v) is 13.0. The second kappa shape index (κ2) is 8.32. The molecule has 0 N–H and O–H groups in total. The highest BCUT2D eigenvalue weighted by molar-refractivity contribution is 5.77. The van der Waals surface area contributed by atoms with Crippen molar-refractivity contribution in [2.24, 2.45) is 28.6 Å². The number of furan rings is 1. The summed E-state index contributed by atoms with van der Waals surface area (Å²) >= 11 is 0. The standard InChI is InChI=1S/C36H42O5/c1-33(18-22-8-9-22)12-14-35-30-24-10-11-28(37-2)31(30)41-32(35)36(38-3)15-13-34(35,29(33)17-24)19-25(36)20-39-21-26-16-23-6-4-5-7-27(23)40-26/h4-7,10-11,16,22,25,29,32H,8-9,12-15,17-21H2,1-3H3/t25-,29+,32-,33?,34-,35+,36-/m1/s1. The number of para-hydroxylation sites is 1. The van der Waals surface area contributed by atoms with Crippen LogP contribution in [0.25, 0.3) is 11.0 Å². The van der Waals surface area contributed by atoms with Crippen LogP contribution in [-0.2, 0) is 27.9 Å². The van der Waals surface area contributed by atoms with Crippen LogP contribution in [0.5, 0.6) is 11.5 Å². The lowest BCUT2D eigenvalue weighted by atomic mass is 9.29. The van der Waals surface area contributed by atoms with E-state index in [1.54, 1.807) is 7.11 Å². The fourth-order valence-corrected chi connectivity index (χ4v) is 11.3. The van der Waals surface area contributed by atoms with Gasteiger partial charge in [0.25, 0.3) is 0 Å². The Balaban J connectivity index is 1.12. The maximum absolute atomic E-state index is 7.20. The topological polar surface area (TPSA) is 50.1 Å². The van der Waals surface area contributed by atoms with Gasteiger partial charge >= 0.3 is 0 Å². The van der Waals surface area contributed by atoms with Gasteiger partial charge in [0.15, 0.2) is 11.5 Å². The Bertz CT molecular complexity index is 1500. The zero-order chi connectivity index (χ0) is 27.6. The molecule has 7 aliphatic rings. The van der Waals surface area contributed by atoms with Gasteiger partial charge in [-0.25, -0.2) is 0 Å². The van der Waals surface area contributed by atoms with Crippen LogP contribution in [0.3, 0.4) is 0 Å². The average Bonchev–Trinajstić information content (AvgIpc) is 3.56. The summed E-state index contributed by atoms with van der Waals surface area (Å²) in [7, 11) is 3.71. The molecule has 2 spiro atoms. The van der Waals surface area contributed by atoms with Gasteiger partial charge in [-0.05, 0) is 91.4 Å². The molecule has 216 valence electrons. The number of hydrogen-bond acceptors (Lipinski definition) is 5. The number of methoxy groups -OCH3 is 2. The summed E-state index contributed by atoms with van der Waals surface area (Å²) in [5.74, 6) is 4.65. The minimum Gasteiger partial charge on any atom is -0.493 e. The quantitative estimate of drug-likeness (QED) is 0.287. The van der Waals surface area contributed by atoms with Crippen LogP contribution in [0.4, 0.5) is 0 Å². The van der Waals surface area contributed by atoms with Gasteiger partial charge in [-0.2, -0.15) is 0 Å². The number of fused-ring (bicyclic) bond motifs is 3. The van der Waals surface area contributed by atoms with Crippen molar-refractivity contribution in [2.45, 2.75) is 88.4 Å². The van der Waals surface area contributed by atoms with E-state index in [4.69, 9.17) is 23.4 Å². The Labute approximate surface area is 242 Å². The van der Waals surface area contributed by atoms with E-state index in [1.807, 2.05) is 19.2 Å². The molecule has 1 aromatic heterocycles. The van der Waals surface area contributed by atoms with E-state index in [0.717, 1.165) is 47.0 Å². The molecule has 2 heterocycles. The second-order valence-corrected chi connectivity index (χ2v) is 14.6. The molecule has 5 heteroatoms. The SMILES string of the molecule is COc1ccc2c3c1O[C@H]1[C@@]4(OC)CC[C@@]5(C[C@@H]4COCc4cc6ccccc6o4)[C@@H](C2)C(C)(CC2CC2)CC[C@]315. The van der Waals surface area contributed by atoms with E-state index in [9.17, 15) is 0 Å². The number of hydrogen-bond donors (Lipinski definition) is 0. The monoisotopic (exact) mass is 554 g/mol. The Morgan fingerprint density at radius 3 is 2.68 bits per heavy atom. The number of benzene rings is 2. The smallest absolute Gasteiger partial charge is 0.165 e. The van der Waals surface area contributed by atoms with Gasteiger partial charge in [0, 0.05) is 29.4 Å². The second-order valence-electron chi connectivity index (χ2n) is 14.6. The first-order valence-electron chi connectivity index (χ1n) is 15.9. The Morgan fingerprint density at radius 2 is 1.88 bits per heavy atom. The lowest BCUT2D eigenvalue weighted by Gasteiger charge is -2.75. The van der Waals surface area contributed by atoms with E-state index in [-0.39, 0.29) is 28.5 Å². The van der Waals surface area contributed by atoms with Gasteiger partial charge < -0.3 is 23.4 Å². The highest BCUT2D eigenvalue weighted by Crippen LogP contribution is 2.81. The third kappa shape index (κ3) is 3.05. The van der Waals surface area contributed by atoms with Crippen molar-refractivity contribution in [3.8, 4) is 11.5 Å². The molecule has 1 unspecified atom stereocenters. The third-order valence-electron chi connectivity index (χ3n) is 13.0. The lowest BCUT2D eigenvalue weighted by molar-refractivity contribution is -0.294. The van der Waals surface area contributed by atoms with Crippen molar-refractivity contribution < 1.29 is 23.4 Å². The predicted octanol–water partition coefficient (Wildman–Crippen LogP) is 7.61. The zero-order valence-corrected chi connectivity index (χ0v) is 24.7. The molecule has 10 rings (SSSR count). The molecule has 5 fully saturated rings. The van der Waals surface area contributed by atoms with E-state index in [0.29, 0.717) is 24.5 Å². The maximum Gasteiger partial charge on any atom is 0.165 e. The Kier molecular flexibility index (Phi) is 5.08. The molecule has 1 aliphatic heterocycles. The summed E-state index contributed by atoms with van der Waals surface area (Å²) in [4.78, 5) is 0. The Hall–Kier alpha value is -2.50. The van der Waals surface area contributed by atoms with Gasteiger partial charge in [-0.3, -0.25) is 0 Å². The minimum absolute atomic E-state index is 0.000579. The van der Waals surface area contributed by atoms with Crippen LogP contribution >= 0.6 is 0 Å². The van der Waals surface area contributed by atoms with Gasteiger partial charge in [0.05, 0.1) is 13.7 Å². The van der Waals surface area contributed by atoms with Crippen molar-refractivity contribution in [1.29, 1.82) is 0 Å². The highest BCUT2D eigenvalue weighted by atomic mass is 16.6. The van der Waals surface area contributed by atoms with Crippen LogP contribution < -0.4 is 9.47 Å². The fraction of sp³-hybridized carbons (Fsp3) is 0.611. The summed E-state index contributed by atoms with van der Waals surface area (Å²) in [6.07, 6.45) is 11.3. The predicted molar refractivity (Wildman–Crippen MR) is 156 cm³/mol. The summed E-state index contributed by atoms with van der Waals surface area (Å²) in [6.45, 7) is 3.79. The van der Waals surface area contributed by atoms with Crippen molar-refractivity contribution in [2.75, 3.05) is 20.8 Å². The van der Waals surface area contributed by atoms with Crippen LogP contribution in [0.2, 0.25) is 0 Å². The first kappa shape index (κ1) is 25.0. The van der Waals surface area contributed by atoms with Crippen LogP contribution in [-0.4, -0.2) is 32.5 Å². The number of ether oxygens (including phenoxy) is 4. The summed E-state index contributed by atoms with van der Waals surface area (Å²) < 4.78 is 32.5. The molecule has 3 aromatic rings. The molecule has 5 nitrogen and oxygen atoms in total. The molecule has 0 amide bonds. The summed E-state index contributed by atoms with van der Waals surface area (Å²) in [5.41, 5.74) is 4.12. The van der Waals surface area contributed by atoms with Crippen LogP contribution in [0.15, 0.2) is 46.9 Å². The molecule has 7 atom stereocenters. The molecule has 4 bridgehead atoms. The molecular weight excluding hydrogens is 512 g/mol. The highest BCUT2D eigenvalue weighted by Gasteiger charge is 2.81. The first-order valence-corrected chi connectivity index (χ1v) is 15.9. The van der Waals surface area contributed by atoms with Gasteiger partial charge in [-0.15, -0.1) is 0 Å². The molecular formula is C36H42O5. The first-order chi connectivity index (χ1) is 20.0. The molecule has 6 aliphatic carbocycles. The average molecular weight is 555 g/mol. The summed E-state index contributed by atoms with van der Waals surface area (Å²) in [6, 6.07) is 14.8. The largest absolute Gasteiger partial charge is 0.493 e. The van der Waals surface area contributed by atoms with E-state index in [2.05, 4.69) is 37.3 Å². The van der Waals surface area contributed by atoms with Crippen molar-refractivity contribution in [3.05, 3.63) is 59.4 Å². The van der Waals surface area contributed by atoms with Gasteiger partial charge in [0.1, 0.15) is 29.7 Å². The lowest BCUT2D eigenvalue weighted by Crippen LogP contribution is -2.79. The zero-order valence-electron chi connectivity index (χ0n) is 24.7. The van der Waals surface area contributed by atoms with Crippen molar-refractivity contribution in [1.82, 2.24) is 0 Å². The normalized spacial score (nSPS) is 39.5. The van der Waals surface area contributed by atoms with E-state index in [1.165, 1.54) is 56.1 Å². The molecule has 5 saturated carbocycles.